The molecule has 0 unspecified atom stereocenters. The van der Waals surface area contributed by atoms with Crippen molar-refractivity contribution in [2.24, 2.45) is 5.92 Å². The van der Waals surface area contributed by atoms with Crippen LogP contribution >= 0.6 is 11.3 Å². The van der Waals surface area contributed by atoms with Gasteiger partial charge in [-0.2, -0.15) is 0 Å². The summed E-state index contributed by atoms with van der Waals surface area (Å²) >= 11 is 1.58. The zero-order valence-corrected chi connectivity index (χ0v) is 14.5. The molecule has 0 radical (unpaired) electrons. The van der Waals surface area contributed by atoms with Gasteiger partial charge in [-0.1, -0.05) is 12.1 Å². The second-order valence-corrected chi connectivity index (χ2v) is 7.92. The summed E-state index contributed by atoms with van der Waals surface area (Å²) in [6.07, 6.45) is 5.70. The van der Waals surface area contributed by atoms with Gasteiger partial charge in [0.05, 0.1) is 6.04 Å². The third kappa shape index (κ3) is 4.39. The molecule has 3 rings (SSSR count). The predicted octanol–water partition coefficient (Wildman–Crippen LogP) is 2.83. The molecule has 0 saturated heterocycles. The van der Waals surface area contributed by atoms with Gasteiger partial charge in [0, 0.05) is 40.1 Å². The lowest BCUT2D eigenvalue weighted by Gasteiger charge is -2.16. The molecule has 1 fully saturated rings. The van der Waals surface area contributed by atoms with E-state index in [1.54, 1.807) is 23.8 Å². The molecule has 2 N–H and O–H groups in total. The molecule has 1 aromatic carbocycles. The smallest absolute Gasteiger partial charge is 0.315 e. The van der Waals surface area contributed by atoms with Crippen LogP contribution in [0.3, 0.4) is 0 Å². The number of carbonyl (C=O) groups is 1. The lowest BCUT2D eigenvalue weighted by molar-refractivity contribution is 0.235. The van der Waals surface area contributed by atoms with Gasteiger partial charge in [0.2, 0.25) is 0 Å². The van der Waals surface area contributed by atoms with Crippen molar-refractivity contribution in [1.29, 1.82) is 0 Å². The Hall–Kier alpha value is -1.73. The SMILES string of the molecule is C[S@](=O)c1ccc(CNC(=O)N[C@H](c2nccs2)C2CC2)cc1. The van der Waals surface area contributed by atoms with E-state index in [-0.39, 0.29) is 12.1 Å². The Labute approximate surface area is 142 Å². The van der Waals surface area contributed by atoms with Crippen molar-refractivity contribution in [3.05, 3.63) is 46.4 Å². The van der Waals surface area contributed by atoms with Gasteiger partial charge in [0.1, 0.15) is 5.01 Å². The Kier molecular flexibility index (Phi) is 5.07. The highest BCUT2D eigenvalue weighted by Gasteiger charge is 2.34. The standard InChI is InChI=1S/C16H19N3O2S2/c1-23(21)13-6-2-11(3-7-13)10-18-16(20)19-14(12-4-5-12)15-17-8-9-22-15/h2-3,6-9,12,14H,4-5,10H2,1H3,(H2,18,19,20)/t14-,23-/m0/s1. The highest BCUT2D eigenvalue weighted by molar-refractivity contribution is 7.84. The number of benzene rings is 1. The molecule has 1 heterocycles. The summed E-state index contributed by atoms with van der Waals surface area (Å²) in [5.41, 5.74) is 0.978. The maximum absolute atomic E-state index is 12.1. The van der Waals surface area contributed by atoms with Crippen molar-refractivity contribution < 1.29 is 9.00 Å². The summed E-state index contributed by atoms with van der Waals surface area (Å²) in [6, 6.07) is 7.26. The van der Waals surface area contributed by atoms with Crippen LogP contribution in [-0.4, -0.2) is 21.5 Å². The fraction of sp³-hybridized carbons (Fsp3) is 0.375. The molecule has 0 bridgehead atoms. The average Bonchev–Trinajstić information content (AvgIpc) is 3.25. The molecule has 0 aliphatic heterocycles. The minimum Gasteiger partial charge on any atom is -0.334 e. The lowest BCUT2D eigenvalue weighted by Crippen LogP contribution is -2.38. The van der Waals surface area contributed by atoms with E-state index in [9.17, 15) is 9.00 Å². The Balaban J connectivity index is 1.53. The molecule has 1 saturated carbocycles. The van der Waals surface area contributed by atoms with Crippen LogP contribution in [0.2, 0.25) is 0 Å². The second kappa shape index (κ2) is 7.23. The number of aromatic nitrogens is 1. The number of rotatable bonds is 6. The summed E-state index contributed by atoms with van der Waals surface area (Å²) in [6.45, 7) is 0.442. The predicted molar refractivity (Wildman–Crippen MR) is 91.7 cm³/mol. The minimum absolute atomic E-state index is 0.0138. The fourth-order valence-electron chi connectivity index (χ4n) is 2.37. The van der Waals surface area contributed by atoms with Gasteiger partial charge in [0.25, 0.3) is 0 Å². The molecule has 1 aliphatic carbocycles. The number of carbonyl (C=O) groups excluding carboxylic acids is 1. The zero-order chi connectivity index (χ0) is 16.2. The van der Waals surface area contributed by atoms with Crippen LogP contribution in [0.25, 0.3) is 0 Å². The summed E-state index contributed by atoms with van der Waals surface area (Å²) in [4.78, 5) is 17.2. The molecule has 1 aliphatic rings. The molecule has 0 spiro atoms. The van der Waals surface area contributed by atoms with E-state index in [2.05, 4.69) is 15.6 Å². The van der Waals surface area contributed by atoms with E-state index in [4.69, 9.17) is 0 Å². The van der Waals surface area contributed by atoms with Crippen LogP contribution in [0, 0.1) is 5.92 Å². The average molecular weight is 349 g/mol. The van der Waals surface area contributed by atoms with Crippen LogP contribution in [0.4, 0.5) is 4.79 Å². The molecular formula is C16H19N3O2S2. The third-order valence-electron chi connectivity index (χ3n) is 3.81. The Morgan fingerprint density at radius 2 is 2.13 bits per heavy atom. The zero-order valence-electron chi connectivity index (χ0n) is 12.8. The summed E-state index contributed by atoms with van der Waals surface area (Å²) in [5, 5.41) is 8.81. The molecule has 1 aromatic heterocycles. The number of hydrogen-bond donors (Lipinski definition) is 2. The summed E-state index contributed by atoms with van der Waals surface area (Å²) in [7, 11) is -0.979. The highest BCUT2D eigenvalue weighted by atomic mass is 32.2. The van der Waals surface area contributed by atoms with Crippen LogP contribution < -0.4 is 10.6 Å². The molecule has 23 heavy (non-hydrogen) atoms. The maximum atomic E-state index is 12.1. The van der Waals surface area contributed by atoms with Gasteiger partial charge in [-0.05, 0) is 36.5 Å². The van der Waals surface area contributed by atoms with Crippen molar-refractivity contribution in [2.75, 3.05) is 6.26 Å². The molecule has 5 nitrogen and oxygen atoms in total. The fourth-order valence-corrected chi connectivity index (χ4v) is 3.67. The van der Waals surface area contributed by atoms with Gasteiger partial charge in [-0.25, -0.2) is 9.78 Å². The van der Waals surface area contributed by atoms with Crippen molar-refractivity contribution in [2.45, 2.75) is 30.3 Å². The lowest BCUT2D eigenvalue weighted by atomic mass is 10.2. The number of amides is 2. The van der Waals surface area contributed by atoms with Gasteiger partial charge < -0.3 is 10.6 Å². The largest absolute Gasteiger partial charge is 0.334 e. The number of nitrogens with one attached hydrogen (secondary N) is 2. The number of urea groups is 1. The van der Waals surface area contributed by atoms with Gasteiger partial charge in [-0.15, -0.1) is 11.3 Å². The monoisotopic (exact) mass is 349 g/mol. The van der Waals surface area contributed by atoms with E-state index < -0.39 is 10.8 Å². The minimum atomic E-state index is -0.979. The first-order chi connectivity index (χ1) is 11.1. The topological polar surface area (TPSA) is 71.1 Å². The summed E-state index contributed by atoms with van der Waals surface area (Å²) in [5.74, 6) is 0.505. The Bertz CT molecular complexity index is 682. The van der Waals surface area contributed by atoms with Crippen molar-refractivity contribution in [3.8, 4) is 0 Å². The first kappa shape index (κ1) is 16.1. The van der Waals surface area contributed by atoms with Gasteiger partial charge >= 0.3 is 6.03 Å². The molecular weight excluding hydrogens is 330 g/mol. The Morgan fingerprint density at radius 1 is 1.39 bits per heavy atom. The highest BCUT2D eigenvalue weighted by Crippen LogP contribution is 2.41. The van der Waals surface area contributed by atoms with E-state index >= 15 is 0 Å². The van der Waals surface area contributed by atoms with Crippen LogP contribution in [0.1, 0.15) is 29.5 Å². The maximum Gasteiger partial charge on any atom is 0.315 e. The first-order valence-corrected chi connectivity index (χ1v) is 9.93. The van der Waals surface area contributed by atoms with Crippen molar-refractivity contribution >= 4 is 28.2 Å². The number of thiazole rings is 1. The number of hydrogen-bond acceptors (Lipinski definition) is 4. The molecule has 122 valence electrons. The normalized spacial score (nSPS) is 16.6. The van der Waals surface area contributed by atoms with E-state index in [0.717, 1.165) is 28.3 Å². The van der Waals surface area contributed by atoms with E-state index in [0.29, 0.717) is 12.5 Å². The van der Waals surface area contributed by atoms with Crippen LogP contribution in [-0.2, 0) is 17.3 Å². The molecule has 2 aromatic rings. The van der Waals surface area contributed by atoms with Crippen LogP contribution in [0.5, 0.6) is 0 Å². The van der Waals surface area contributed by atoms with E-state index in [1.807, 2.05) is 29.6 Å². The second-order valence-electron chi connectivity index (χ2n) is 5.61. The summed E-state index contributed by atoms with van der Waals surface area (Å²) < 4.78 is 11.4. The Morgan fingerprint density at radius 3 is 2.70 bits per heavy atom. The third-order valence-corrected chi connectivity index (χ3v) is 5.60. The van der Waals surface area contributed by atoms with Crippen LogP contribution in [0.15, 0.2) is 40.7 Å². The van der Waals surface area contributed by atoms with Crippen molar-refractivity contribution in [1.82, 2.24) is 15.6 Å². The van der Waals surface area contributed by atoms with Gasteiger partial charge in [0.15, 0.2) is 0 Å². The van der Waals surface area contributed by atoms with Gasteiger partial charge in [-0.3, -0.25) is 4.21 Å². The van der Waals surface area contributed by atoms with E-state index in [1.165, 1.54) is 0 Å². The van der Waals surface area contributed by atoms with Crippen molar-refractivity contribution in [3.63, 3.8) is 0 Å². The molecule has 2 amide bonds. The first-order valence-electron chi connectivity index (χ1n) is 7.49. The molecule has 7 heteroatoms. The quantitative estimate of drug-likeness (QED) is 0.842. The molecule has 2 atom stereocenters. The number of nitrogens with zero attached hydrogens (tertiary/aromatic N) is 1.